The van der Waals surface area contributed by atoms with Gasteiger partial charge in [0.05, 0.1) is 20.1 Å². The molecule has 0 aliphatic rings. The second-order valence-electron chi connectivity index (χ2n) is 8.55. The number of ether oxygens (including phenoxy) is 4. The van der Waals surface area contributed by atoms with Gasteiger partial charge >= 0.3 is 5.97 Å². The number of para-hydroxylation sites is 1. The molecule has 0 fully saturated rings. The van der Waals surface area contributed by atoms with Crippen molar-refractivity contribution in [3.05, 3.63) is 82.6 Å². The minimum Gasteiger partial charge on any atom is -0.493 e. The van der Waals surface area contributed by atoms with Crippen LogP contribution in [-0.2, 0) is 9.53 Å². The first-order chi connectivity index (χ1) is 17.4. The van der Waals surface area contributed by atoms with E-state index in [-0.39, 0.29) is 5.92 Å². The van der Waals surface area contributed by atoms with E-state index in [1.807, 2.05) is 61.7 Å². The Kier molecular flexibility index (Phi) is 7.77. The maximum absolute atomic E-state index is 13.5. The van der Waals surface area contributed by atoms with Crippen LogP contribution in [0.2, 0.25) is 0 Å². The van der Waals surface area contributed by atoms with E-state index in [0.29, 0.717) is 28.6 Å². The van der Waals surface area contributed by atoms with E-state index in [1.54, 1.807) is 38.5 Å². The summed E-state index contributed by atoms with van der Waals surface area (Å²) in [6, 6.07) is 22.3. The molecule has 0 aliphatic heterocycles. The van der Waals surface area contributed by atoms with Crippen LogP contribution in [0.4, 0.5) is 0 Å². The average molecular weight is 502 g/mol. The zero-order valence-corrected chi connectivity index (χ0v) is 21.4. The number of carbonyl (C=O) groups excluding carboxylic acids is 1. The van der Waals surface area contributed by atoms with Gasteiger partial charge in [-0.2, -0.15) is 5.26 Å². The number of methoxy groups -OCH3 is 2. The summed E-state index contributed by atoms with van der Waals surface area (Å²) in [5.41, 5.74) is 0.546. The summed E-state index contributed by atoms with van der Waals surface area (Å²) in [6.07, 6.45) is -1.07. The first kappa shape index (κ1) is 25.1. The van der Waals surface area contributed by atoms with Crippen LogP contribution < -0.4 is 14.2 Å². The van der Waals surface area contributed by atoms with Gasteiger partial charge in [-0.25, -0.2) is 0 Å². The molecule has 4 rings (SSSR count). The number of esters is 1. The van der Waals surface area contributed by atoms with Crippen molar-refractivity contribution in [1.29, 1.82) is 5.26 Å². The number of carbonyl (C=O) groups is 1. The highest BCUT2D eigenvalue weighted by Gasteiger charge is 2.31. The molecule has 36 heavy (non-hydrogen) atoms. The van der Waals surface area contributed by atoms with Crippen molar-refractivity contribution in [2.45, 2.75) is 25.9 Å². The van der Waals surface area contributed by atoms with Crippen molar-refractivity contribution in [2.75, 3.05) is 14.2 Å². The second kappa shape index (κ2) is 11.1. The van der Waals surface area contributed by atoms with Gasteiger partial charge in [-0.3, -0.25) is 4.79 Å². The summed E-state index contributed by atoms with van der Waals surface area (Å²) in [5, 5.41) is 13.7. The van der Waals surface area contributed by atoms with E-state index in [0.717, 1.165) is 15.6 Å². The summed E-state index contributed by atoms with van der Waals surface area (Å²) >= 11 is 1.49. The Morgan fingerprint density at radius 2 is 1.61 bits per heavy atom. The van der Waals surface area contributed by atoms with Gasteiger partial charge in [0.1, 0.15) is 17.6 Å². The van der Waals surface area contributed by atoms with Gasteiger partial charge in [0.15, 0.2) is 11.5 Å². The molecule has 3 aromatic carbocycles. The second-order valence-corrected chi connectivity index (χ2v) is 9.46. The molecule has 0 saturated heterocycles. The standard InChI is InChI=1S/C29H27NO5S/c1-18(2)27(28-23-15-25(33-4)24(32-3)14-20(23)17-36-28)29(31)35-26(16-30)19-9-8-12-22(13-19)34-21-10-6-5-7-11-21/h5-15,17-18,26-27H,1-4H3. The average Bonchev–Trinajstić information content (AvgIpc) is 3.29. The number of hydrogen-bond donors (Lipinski definition) is 0. The fourth-order valence-corrected chi connectivity index (χ4v) is 5.31. The fraction of sp³-hybridized carbons (Fsp3) is 0.241. The third-order valence-corrected chi connectivity index (χ3v) is 6.93. The van der Waals surface area contributed by atoms with Crippen LogP contribution in [0.1, 0.15) is 36.3 Å². The molecule has 0 N–H and O–H groups in total. The highest BCUT2D eigenvalue weighted by molar-refractivity contribution is 7.11. The number of nitrogens with zero attached hydrogens (tertiary/aromatic N) is 1. The lowest BCUT2D eigenvalue weighted by Crippen LogP contribution is -2.22. The van der Waals surface area contributed by atoms with Gasteiger partial charge in [0.25, 0.3) is 0 Å². The first-order valence-corrected chi connectivity index (χ1v) is 12.4. The number of fused-ring (bicyclic) bond motifs is 1. The van der Waals surface area contributed by atoms with Gasteiger partial charge in [-0.1, -0.05) is 44.2 Å². The van der Waals surface area contributed by atoms with Crippen molar-refractivity contribution in [2.24, 2.45) is 5.92 Å². The van der Waals surface area contributed by atoms with Crippen LogP contribution in [-0.4, -0.2) is 20.2 Å². The first-order valence-electron chi connectivity index (χ1n) is 11.5. The molecule has 0 saturated carbocycles. The Morgan fingerprint density at radius 1 is 0.917 bits per heavy atom. The van der Waals surface area contributed by atoms with Crippen molar-refractivity contribution in [3.63, 3.8) is 0 Å². The minimum absolute atomic E-state index is 0.0560. The molecule has 2 atom stereocenters. The highest BCUT2D eigenvalue weighted by atomic mass is 32.1. The van der Waals surface area contributed by atoms with Crippen LogP contribution >= 0.6 is 11.3 Å². The van der Waals surface area contributed by atoms with Crippen molar-refractivity contribution < 1.29 is 23.7 Å². The predicted octanol–water partition coefficient (Wildman–Crippen LogP) is 7.26. The van der Waals surface area contributed by atoms with Gasteiger partial charge in [0, 0.05) is 15.8 Å². The van der Waals surface area contributed by atoms with Gasteiger partial charge < -0.3 is 18.9 Å². The minimum atomic E-state index is -1.07. The largest absolute Gasteiger partial charge is 0.493 e. The molecular formula is C29H27NO5S. The van der Waals surface area contributed by atoms with Crippen molar-refractivity contribution in [1.82, 2.24) is 0 Å². The molecule has 1 aromatic heterocycles. The normalized spacial score (nSPS) is 12.6. The van der Waals surface area contributed by atoms with Gasteiger partial charge in [0.2, 0.25) is 6.10 Å². The third-order valence-electron chi connectivity index (χ3n) is 5.83. The molecule has 0 amide bonds. The summed E-state index contributed by atoms with van der Waals surface area (Å²) in [5.74, 6) is 1.39. The molecular weight excluding hydrogens is 474 g/mol. The lowest BCUT2D eigenvalue weighted by molar-refractivity contribution is -0.149. The smallest absolute Gasteiger partial charge is 0.316 e. The Balaban J connectivity index is 1.60. The number of rotatable bonds is 9. The van der Waals surface area contributed by atoms with Gasteiger partial charge in [-0.05, 0) is 53.1 Å². The quantitative estimate of drug-likeness (QED) is 0.225. The number of thiophene rings is 1. The maximum atomic E-state index is 13.5. The lowest BCUT2D eigenvalue weighted by Gasteiger charge is -2.21. The van der Waals surface area contributed by atoms with E-state index in [2.05, 4.69) is 6.07 Å². The number of hydrogen-bond acceptors (Lipinski definition) is 7. The molecule has 0 bridgehead atoms. The Labute approximate surface area is 214 Å². The van der Waals surface area contributed by atoms with E-state index >= 15 is 0 Å². The van der Waals surface area contributed by atoms with Crippen molar-refractivity contribution >= 4 is 28.1 Å². The molecule has 0 aliphatic carbocycles. The van der Waals surface area contributed by atoms with Crippen LogP contribution in [0.25, 0.3) is 10.8 Å². The monoisotopic (exact) mass is 501 g/mol. The molecule has 1 heterocycles. The van der Waals surface area contributed by atoms with Crippen LogP contribution in [0.3, 0.4) is 0 Å². The lowest BCUT2D eigenvalue weighted by atomic mass is 9.92. The zero-order chi connectivity index (χ0) is 25.7. The zero-order valence-electron chi connectivity index (χ0n) is 20.6. The topological polar surface area (TPSA) is 77.8 Å². The molecule has 6 nitrogen and oxygen atoms in total. The Hall–Kier alpha value is -4.02. The van der Waals surface area contributed by atoms with E-state index in [1.165, 1.54) is 11.3 Å². The Morgan fingerprint density at radius 3 is 2.28 bits per heavy atom. The summed E-state index contributed by atoms with van der Waals surface area (Å²) in [6.45, 7) is 3.93. The molecule has 0 radical (unpaired) electrons. The Bertz CT molecular complexity index is 1390. The SMILES string of the molecule is COc1cc2csc(C(C(=O)OC(C#N)c3cccc(Oc4ccccc4)c3)C(C)C)c2cc1OC. The summed E-state index contributed by atoms with van der Waals surface area (Å²) in [7, 11) is 3.17. The van der Waals surface area contributed by atoms with Crippen LogP contribution in [0, 0.1) is 17.2 Å². The van der Waals surface area contributed by atoms with E-state index in [9.17, 15) is 10.1 Å². The third kappa shape index (κ3) is 5.29. The summed E-state index contributed by atoms with van der Waals surface area (Å²) in [4.78, 5) is 14.3. The van der Waals surface area contributed by atoms with Crippen molar-refractivity contribution in [3.8, 4) is 29.1 Å². The fourth-order valence-electron chi connectivity index (χ4n) is 4.04. The molecule has 7 heteroatoms. The number of benzene rings is 3. The molecule has 0 spiro atoms. The molecule has 184 valence electrons. The van der Waals surface area contributed by atoms with Crippen LogP contribution in [0.5, 0.6) is 23.0 Å². The van der Waals surface area contributed by atoms with E-state index in [4.69, 9.17) is 18.9 Å². The molecule has 4 aromatic rings. The molecule has 2 unspecified atom stereocenters. The predicted molar refractivity (Wildman–Crippen MR) is 140 cm³/mol. The van der Waals surface area contributed by atoms with Gasteiger partial charge in [-0.15, -0.1) is 11.3 Å². The van der Waals surface area contributed by atoms with Crippen LogP contribution in [0.15, 0.2) is 72.1 Å². The highest BCUT2D eigenvalue weighted by Crippen LogP contribution is 2.42. The van der Waals surface area contributed by atoms with E-state index < -0.39 is 18.0 Å². The maximum Gasteiger partial charge on any atom is 0.316 e. The summed E-state index contributed by atoms with van der Waals surface area (Å²) < 4.78 is 22.6. The number of nitriles is 1.